The molecule has 0 saturated heterocycles. The summed E-state index contributed by atoms with van der Waals surface area (Å²) in [5.41, 5.74) is 0. The molecule has 0 unspecified atom stereocenters. The molecule has 0 atom stereocenters. The summed E-state index contributed by atoms with van der Waals surface area (Å²) in [5, 5.41) is 7.75. The molecule has 7 heteroatoms. The Morgan fingerprint density at radius 1 is 0.409 bits per heavy atom. The van der Waals surface area contributed by atoms with Crippen molar-refractivity contribution in [2.75, 3.05) is 5.34 Å². The third-order valence-electron chi connectivity index (χ3n) is 7.05. The Morgan fingerprint density at radius 3 is 0.841 bits per heavy atom. The van der Waals surface area contributed by atoms with Gasteiger partial charge in [0.15, 0.2) is 0 Å². The van der Waals surface area contributed by atoms with Crippen molar-refractivity contribution in [2.45, 2.75) is 0 Å². The fourth-order valence-corrected chi connectivity index (χ4v) is 14.8. The Balaban J connectivity index is 0.00000102. The van der Waals surface area contributed by atoms with E-state index in [-0.39, 0.29) is 30.2 Å². The highest BCUT2D eigenvalue weighted by atomic mass is 35.5. The first kappa shape index (κ1) is 35.6. The molecule has 6 aromatic rings. The van der Waals surface area contributed by atoms with Crippen LogP contribution in [-0.2, 0) is 0 Å². The molecular formula is C37H33Cl4NP2. The average molecular weight is 695 g/mol. The Morgan fingerprint density at radius 2 is 0.614 bits per heavy atom. The predicted octanol–water partition coefficient (Wildman–Crippen LogP) is 5.92. The highest BCUT2D eigenvalue weighted by Gasteiger charge is 2.49. The van der Waals surface area contributed by atoms with Crippen molar-refractivity contribution in [3.05, 3.63) is 182 Å². The van der Waals surface area contributed by atoms with Crippen LogP contribution in [0.4, 0.5) is 0 Å². The molecule has 44 heavy (non-hydrogen) atoms. The molecule has 1 nitrogen and oxygen atoms in total. The van der Waals surface area contributed by atoms with Crippen LogP contribution in [0.2, 0.25) is 0 Å². The molecule has 224 valence electrons. The van der Waals surface area contributed by atoms with Gasteiger partial charge in [-0.05, 0) is 36.4 Å². The quantitative estimate of drug-likeness (QED) is 0.145. The van der Waals surface area contributed by atoms with Crippen LogP contribution in [0.25, 0.3) is 0 Å². The summed E-state index contributed by atoms with van der Waals surface area (Å²) in [4.78, 5) is 0. The van der Waals surface area contributed by atoms with E-state index in [0.717, 1.165) is 0 Å². The first-order chi connectivity index (χ1) is 20.8. The number of hydrogen-bond donors (Lipinski definition) is 0. The van der Waals surface area contributed by atoms with Gasteiger partial charge >= 0.3 is 0 Å². The zero-order chi connectivity index (χ0) is 29.1. The van der Waals surface area contributed by atoms with Crippen LogP contribution in [0.15, 0.2) is 187 Å². The summed E-state index contributed by atoms with van der Waals surface area (Å²) in [6.07, 6.45) is 0. The fraction of sp³-hybridized carbons (Fsp3) is 0.0270. The predicted molar refractivity (Wildman–Crippen MR) is 197 cm³/mol. The maximum Gasteiger partial charge on any atom is 0.228 e. The van der Waals surface area contributed by atoms with Crippen molar-refractivity contribution in [3.8, 4) is 0 Å². The maximum absolute atomic E-state index is 6.38. The van der Waals surface area contributed by atoms with E-state index in [1.165, 1.54) is 31.8 Å². The molecule has 0 N–H and O–H groups in total. The second-order valence-corrected chi connectivity index (χ2v) is 16.6. The first-order valence-electron chi connectivity index (χ1n) is 13.7. The van der Waals surface area contributed by atoms with E-state index < -0.39 is 14.5 Å². The van der Waals surface area contributed by atoms with Crippen LogP contribution >= 0.6 is 50.1 Å². The zero-order valence-electron chi connectivity index (χ0n) is 23.9. The minimum absolute atomic E-state index is 0. The molecule has 0 aromatic heterocycles. The van der Waals surface area contributed by atoms with Crippen molar-refractivity contribution in [3.63, 3.8) is 0 Å². The molecule has 6 aromatic carbocycles. The van der Waals surface area contributed by atoms with Crippen LogP contribution < -0.4 is 44.2 Å². The van der Waals surface area contributed by atoms with Gasteiger partial charge in [-0.2, -0.15) is 0 Å². The normalized spacial score (nSPS) is 10.7. The number of benzene rings is 6. The standard InChI is InChI=1S/C36H30NP2.CH2Cl2.2ClH/c1-7-19-31(20-8-1)38(32-21-9-2-10-22-32,33-23-11-3-12-24-33)37-39(34-25-13-4-14-26-34,35-27-15-5-16-28-35)36-29-17-6-18-30-36;2-1-3;;/h1-30H;1H2;2*1H/q+1;;;/p-1. The Kier molecular flexibility index (Phi) is 14.2. The van der Waals surface area contributed by atoms with Crippen LogP contribution in [-0.4, -0.2) is 5.34 Å². The summed E-state index contributed by atoms with van der Waals surface area (Å²) in [5.74, 6) is 0. The minimum Gasteiger partial charge on any atom is -1.00 e. The van der Waals surface area contributed by atoms with Gasteiger partial charge in [-0.25, -0.2) is 0 Å². The lowest BCUT2D eigenvalue weighted by atomic mass is 10.4. The largest absolute Gasteiger partial charge is 1.00 e. The van der Waals surface area contributed by atoms with Crippen LogP contribution in [0.5, 0.6) is 0 Å². The van der Waals surface area contributed by atoms with E-state index in [1.54, 1.807) is 0 Å². The van der Waals surface area contributed by atoms with Crippen molar-refractivity contribution < 1.29 is 12.4 Å². The van der Waals surface area contributed by atoms with E-state index >= 15 is 0 Å². The molecule has 0 heterocycles. The monoisotopic (exact) mass is 693 g/mol. The fourth-order valence-electron chi connectivity index (χ4n) is 5.27. The summed E-state index contributed by atoms with van der Waals surface area (Å²) >= 11 is 9.53. The van der Waals surface area contributed by atoms with Crippen LogP contribution in [0.3, 0.4) is 0 Å². The highest BCUT2D eigenvalue weighted by molar-refractivity contribution is 8.01. The van der Waals surface area contributed by atoms with E-state index in [4.69, 9.17) is 27.7 Å². The first-order valence-corrected chi connectivity index (χ1v) is 18.3. The van der Waals surface area contributed by atoms with Gasteiger partial charge in [-0.15, -0.1) is 40.1 Å². The third-order valence-corrected chi connectivity index (χ3v) is 15.5. The highest BCUT2D eigenvalue weighted by Crippen LogP contribution is 2.65. The molecule has 0 bridgehead atoms. The third kappa shape index (κ3) is 7.50. The van der Waals surface area contributed by atoms with Crippen LogP contribution in [0, 0.1) is 0 Å². The van der Waals surface area contributed by atoms with Gasteiger partial charge < -0.3 is 12.4 Å². The van der Waals surface area contributed by atoms with Crippen molar-refractivity contribution in [1.82, 2.24) is 0 Å². The van der Waals surface area contributed by atoms with Crippen molar-refractivity contribution >= 4 is 81.9 Å². The Hall–Kier alpha value is -2.86. The summed E-state index contributed by atoms with van der Waals surface area (Å²) < 4.78 is 6.38. The van der Waals surface area contributed by atoms with E-state index in [9.17, 15) is 0 Å². The molecule has 0 radical (unpaired) electrons. The molecule has 0 spiro atoms. The molecule has 0 aliphatic carbocycles. The number of rotatable bonds is 7. The summed E-state index contributed by atoms with van der Waals surface area (Å²) in [7, 11) is -4.99. The molecule has 6 rings (SSSR count). The van der Waals surface area contributed by atoms with Crippen molar-refractivity contribution in [2.24, 2.45) is 4.52 Å². The number of alkyl halides is 2. The van der Waals surface area contributed by atoms with Crippen molar-refractivity contribution in [1.29, 1.82) is 0 Å². The van der Waals surface area contributed by atoms with E-state index in [0.29, 0.717) is 0 Å². The van der Waals surface area contributed by atoms with Gasteiger partial charge in [0.25, 0.3) is 0 Å². The van der Waals surface area contributed by atoms with E-state index in [1.807, 2.05) is 0 Å². The molecule has 0 aliphatic rings. The number of halogens is 4. The Bertz CT molecular complexity index is 1510. The average Bonchev–Trinajstić information content (AvgIpc) is 3.08. The van der Waals surface area contributed by atoms with Gasteiger partial charge in [-0.3, -0.25) is 0 Å². The minimum atomic E-state index is -2.50. The van der Waals surface area contributed by atoms with Gasteiger partial charge in [0, 0.05) is 15.9 Å². The summed E-state index contributed by atoms with van der Waals surface area (Å²) in [6, 6.07) is 65.7. The van der Waals surface area contributed by atoms with Gasteiger partial charge in [-0.1, -0.05) is 146 Å². The van der Waals surface area contributed by atoms with Gasteiger partial charge in [0.2, 0.25) is 7.41 Å². The number of nitrogens with zero attached hydrogens (tertiary/aromatic N) is 1. The number of hydrogen-bond acceptors (Lipinski definition) is 1. The lowest BCUT2D eigenvalue weighted by Gasteiger charge is -2.31. The van der Waals surface area contributed by atoms with E-state index in [2.05, 4.69) is 182 Å². The molecule has 0 saturated carbocycles. The van der Waals surface area contributed by atoms with Gasteiger partial charge in [0.1, 0.15) is 23.0 Å². The molecule has 0 aliphatic heterocycles. The summed E-state index contributed by atoms with van der Waals surface area (Å²) in [6.45, 7) is 0. The van der Waals surface area contributed by atoms with Gasteiger partial charge in [0.05, 0.1) is 5.34 Å². The molecule has 0 fully saturated rings. The van der Waals surface area contributed by atoms with Crippen LogP contribution in [0.1, 0.15) is 0 Å². The smallest absolute Gasteiger partial charge is 0.228 e. The second kappa shape index (κ2) is 17.6. The molecular weight excluding hydrogens is 662 g/mol. The second-order valence-electron chi connectivity index (χ2n) is 9.47. The Labute approximate surface area is 284 Å². The maximum atomic E-state index is 6.38. The molecule has 0 amide bonds. The lowest BCUT2D eigenvalue weighted by molar-refractivity contribution is -0.00000814. The lowest BCUT2D eigenvalue weighted by Crippen LogP contribution is -3.00. The topological polar surface area (TPSA) is 12.4 Å². The SMILES string of the molecule is Cl.ClCCl.[Cl-].c1ccc(P(=N[P+](c2ccccc2)(c2ccccc2)c2ccccc2)(c2ccccc2)c2ccccc2)cc1. The zero-order valence-corrected chi connectivity index (χ0v) is 28.8.